The van der Waals surface area contributed by atoms with Crippen LogP contribution < -0.4 is 5.73 Å². The molecule has 1 unspecified atom stereocenters. The van der Waals surface area contributed by atoms with Gasteiger partial charge in [-0.05, 0) is 37.1 Å². The zero-order chi connectivity index (χ0) is 14.0. The molecule has 1 aliphatic heterocycles. The number of nitrogens with zero attached hydrogens (tertiary/aromatic N) is 2. The maximum Gasteiger partial charge on any atom is 0.243 e. The largest absolute Gasteiger partial charge is 0.330 e. The number of hydrogen-bond donors (Lipinski definition) is 1. The monoisotopic (exact) mass is 299 g/mol. The molecule has 0 spiro atoms. The van der Waals surface area contributed by atoms with E-state index in [2.05, 4.69) is 0 Å². The van der Waals surface area contributed by atoms with Crippen molar-refractivity contribution in [2.75, 3.05) is 19.6 Å². The lowest BCUT2D eigenvalue weighted by Gasteiger charge is -2.16. The molecule has 1 aromatic rings. The van der Waals surface area contributed by atoms with Crippen LogP contribution in [0.3, 0.4) is 0 Å². The van der Waals surface area contributed by atoms with Gasteiger partial charge in [-0.3, -0.25) is 0 Å². The molecule has 0 radical (unpaired) electrons. The summed E-state index contributed by atoms with van der Waals surface area (Å²) in [5.41, 5.74) is 5.83. The van der Waals surface area contributed by atoms with Gasteiger partial charge in [-0.15, -0.1) is 0 Å². The Morgan fingerprint density at radius 2 is 2.26 bits per heavy atom. The third-order valence-electron chi connectivity index (χ3n) is 3.28. The summed E-state index contributed by atoms with van der Waals surface area (Å²) < 4.78 is 26.2. The molecule has 0 aromatic heterocycles. The highest BCUT2D eigenvalue weighted by atomic mass is 35.5. The van der Waals surface area contributed by atoms with Crippen molar-refractivity contribution in [1.29, 1.82) is 5.26 Å². The molecule has 1 saturated heterocycles. The molecule has 1 aliphatic rings. The van der Waals surface area contributed by atoms with Crippen molar-refractivity contribution < 1.29 is 8.42 Å². The highest BCUT2D eigenvalue weighted by molar-refractivity contribution is 7.89. The third-order valence-corrected chi connectivity index (χ3v) is 5.45. The molecule has 1 aromatic carbocycles. The molecular formula is C12H14ClN3O2S. The van der Waals surface area contributed by atoms with Gasteiger partial charge in [-0.2, -0.15) is 9.57 Å². The summed E-state index contributed by atoms with van der Waals surface area (Å²) in [6.07, 6.45) is 0.778. The zero-order valence-corrected chi connectivity index (χ0v) is 11.8. The minimum Gasteiger partial charge on any atom is -0.330 e. The van der Waals surface area contributed by atoms with Crippen molar-refractivity contribution in [3.8, 4) is 6.07 Å². The number of hydrogen-bond acceptors (Lipinski definition) is 4. The minimum absolute atomic E-state index is 0.120. The second kappa shape index (κ2) is 5.47. The Hall–Kier alpha value is -1.13. The highest BCUT2D eigenvalue weighted by Crippen LogP contribution is 2.26. The van der Waals surface area contributed by atoms with Crippen molar-refractivity contribution in [3.05, 3.63) is 28.8 Å². The lowest BCUT2D eigenvalue weighted by molar-refractivity contribution is 0.459. The maximum absolute atomic E-state index is 12.4. The van der Waals surface area contributed by atoms with Gasteiger partial charge < -0.3 is 5.73 Å². The number of nitrogens with two attached hydrogens (primary N) is 1. The predicted octanol–water partition coefficient (Wildman–Crippen LogP) is 1.18. The average molecular weight is 300 g/mol. The van der Waals surface area contributed by atoms with Crippen molar-refractivity contribution in [2.24, 2.45) is 11.7 Å². The van der Waals surface area contributed by atoms with E-state index in [9.17, 15) is 8.42 Å². The number of sulfonamides is 1. The Balaban J connectivity index is 2.31. The predicted molar refractivity (Wildman–Crippen MR) is 72.1 cm³/mol. The zero-order valence-electron chi connectivity index (χ0n) is 10.2. The normalized spacial score (nSPS) is 20.4. The summed E-state index contributed by atoms with van der Waals surface area (Å²) >= 11 is 5.87. The van der Waals surface area contributed by atoms with Gasteiger partial charge in [0.25, 0.3) is 0 Å². The van der Waals surface area contributed by atoms with Crippen LogP contribution in [-0.2, 0) is 10.0 Å². The van der Waals surface area contributed by atoms with Crippen LogP contribution in [-0.4, -0.2) is 32.4 Å². The minimum atomic E-state index is -3.55. The summed E-state index contributed by atoms with van der Waals surface area (Å²) in [4.78, 5) is 0.120. The van der Waals surface area contributed by atoms with Gasteiger partial charge in [-0.1, -0.05) is 11.6 Å². The molecule has 19 heavy (non-hydrogen) atoms. The first-order valence-corrected chi connectivity index (χ1v) is 7.70. The molecule has 2 N–H and O–H groups in total. The smallest absolute Gasteiger partial charge is 0.243 e. The molecule has 102 valence electrons. The second-order valence-electron chi connectivity index (χ2n) is 4.51. The first-order chi connectivity index (χ1) is 8.98. The summed E-state index contributed by atoms with van der Waals surface area (Å²) in [6.45, 7) is 1.40. The second-order valence-corrected chi connectivity index (χ2v) is 6.85. The quantitative estimate of drug-likeness (QED) is 0.908. The van der Waals surface area contributed by atoms with E-state index >= 15 is 0 Å². The number of halogens is 1. The molecule has 0 amide bonds. The van der Waals surface area contributed by atoms with Crippen molar-refractivity contribution in [1.82, 2.24) is 4.31 Å². The molecule has 1 heterocycles. The average Bonchev–Trinajstić information content (AvgIpc) is 2.88. The standard InChI is InChI=1S/C12H14ClN3O2S/c13-12-5-11(2-1-10(12)7-15)19(17,18)16-4-3-9(6-14)8-16/h1-2,5,9H,3-4,6,8,14H2. The Morgan fingerprint density at radius 1 is 1.53 bits per heavy atom. The maximum atomic E-state index is 12.4. The topological polar surface area (TPSA) is 87.2 Å². The van der Waals surface area contributed by atoms with E-state index in [1.165, 1.54) is 22.5 Å². The SMILES string of the molecule is N#Cc1ccc(S(=O)(=O)N2CCC(CN)C2)cc1Cl. The van der Waals surface area contributed by atoms with Gasteiger partial charge >= 0.3 is 0 Å². The Labute approximate surface area is 117 Å². The van der Waals surface area contributed by atoms with E-state index in [1.807, 2.05) is 6.07 Å². The summed E-state index contributed by atoms with van der Waals surface area (Å²) in [6, 6.07) is 6.06. The van der Waals surface area contributed by atoms with E-state index in [-0.39, 0.29) is 21.4 Å². The molecule has 7 heteroatoms. The Kier molecular flexibility index (Phi) is 4.11. The van der Waals surface area contributed by atoms with E-state index in [1.54, 1.807) is 0 Å². The molecular weight excluding hydrogens is 286 g/mol. The van der Waals surface area contributed by atoms with E-state index in [0.29, 0.717) is 19.6 Å². The highest BCUT2D eigenvalue weighted by Gasteiger charge is 2.32. The summed E-state index contributed by atoms with van der Waals surface area (Å²) in [7, 11) is -3.55. The van der Waals surface area contributed by atoms with Crippen molar-refractivity contribution >= 4 is 21.6 Å². The first-order valence-electron chi connectivity index (χ1n) is 5.89. The van der Waals surface area contributed by atoms with Crippen LogP contribution in [0, 0.1) is 17.2 Å². The van der Waals surface area contributed by atoms with Gasteiger partial charge in [0.05, 0.1) is 15.5 Å². The lowest BCUT2D eigenvalue weighted by Crippen LogP contribution is -2.30. The molecule has 5 nitrogen and oxygen atoms in total. The van der Waals surface area contributed by atoms with Crippen LogP contribution in [0.5, 0.6) is 0 Å². The number of nitriles is 1. The van der Waals surface area contributed by atoms with Crippen LogP contribution in [0.2, 0.25) is 5.02 Å². The fourth-order valence-corrected chi connectivity index (χ4v) is 3.95. The molecule has 1 fully saturated rings. The lowest BCUT2D eigenvalue weighted by atomic mass is 10.1. The van der Waals surface area contributed by atoms with E-state index in [4.69, 9.17) is 22.6 Å². The van der Waals surface area contributed by atoms with Crippen LogP contribution in [0.25, 0.3) is 0 Å². The van der Waals surface area contributed by atoms with E-state index < -0.39 is 10.0 Å². The van der Waals surface area contributed by atoms with Crippen LogP contribution in [0.4, 0.5) is 0 Å². The molecule has 1 atom stereocenters. The Bertz CT molecular complexity index is 624. The van der Waals surface area contributed by atoms with Crippen LogP contribution in [0.15, 0.2) is 23.1 Å². The Morgan fingerprint density at radius 3 is 2.79 bits per heavy atom. The first kappa shape index (κ1) is 14.3. The van der Waals surface area contributed by atoms with Crippen molar-refractivity contribution in [3.63, 3.8) is 0 Å². The fourth-order valence-electron chi connectivity index (χ4n) is 2.10. The van der Waals surface area contributed by atoms with E-state index in [0.717, 1.165) is 6.42 Å². The van der Waals surface area contributed by atoms with Gasteiger partial charge in [0.2, 0.25) is 10.0 Å². The van der Waals surface area contributed by atoms with Crippen LogP contribution >= 0.6 is 11.6 Å². The van der Waals surface area contributed by atoms with Crippen molar-refractivity contribution in [2.45, 2.75) is 11.3 Å². The molecule has 0 bridgehead atoms. The third kappa shape index (κ3) is 2.74. The summed E-state index contributed by atoms with van der Waals surface area (Å²) in [5, 5.41) is 8.93. The number of benzene rings is 1. The van der Waals surface area contributed by atoms with Gasteiger partial charge in [0, 0.05) is 13.1 Å². The molecule has 2 rings (SSSR count). The number of rotatable bonds is 3. The van der Waals surface area contributed by atoms with Gasteiger partial charge in [0.1, 0.15) is 6.07 Å². The van der Waals surface area contributed by atoms with Crippen LogP contribution in [0.1, 0.15) is 12.0 Å². The molecule has 0 aliphatic carbocycles. The molecule has 0 saturated carbocycles. The van der Waals surface area contributed by atoms with Gasteiger partial charge in [0.15, 0.2) is 0 Å². The van der Waals surface area contributed by atoms with Gasteiger partial charge in [-0.25, -0.2) is 8.42 Å². The fraction of sp³-hybridized carbons (Fsp3) is 0.417. The summed E-state index contributed by atoms with van der Waals surface area (Å²) in [5.74, 6) is 0.212.